The second kappa shape index (κ2) is 7.98. The van der Waals surface area contributed by atoms with Gasteiger partial charge in [-0.3, -0.25) is 9.48 Å². The summed E-state index contributed by atoms with van der Waals surface area (Å²) in [7, 11) is 1.80. The molecule has 1 aromatic heterocycles. The quantitative estimate of drug-likeness (QED) is 0.815. The SMILES string of the molecule is Cn1cc(O[C@@H]2COC[C@@H]2NC(=O)CCOc2ccccc2F)cn1. The zero-order valence-electron chi connectivity index (χ0n) is 13.9. The Morgan fingerprint density at radius 3 is 3.04 bits per heavy atom. The number of rotatable bonds is 7. The Hall–Kier alpha value is -2.61. The number of hydrogen-bond acceptors (Lipinski definition) is 5. The number of para-hydroxylation sites is 1. The van der Waals surface area contributed by atoms with Crippen molar-refractivity contribution in [2.45, 2.75) is 18.6 Å². The first-order chi connectivity index (χ1) is 12.1. The Labute approximate surface area is 144 Å². The minimum Gasteiger partial charge on any atom is -0.490 e. The normalized spacial score (nSPS) is 19.6. The van der Waals surface area contributed by atoms with Crippen LogP contribution in [0.1, 0.15) is 6.42 Å². The molecule has 134 valence electrons. The molecule has 8 heteroatoms. The van der Waals surface area contributed by atoms with E-state index in [1.807, 2.05) is 0 Å². The van der Waals surface area contributed by atoms with Crippen molar-refractivity contribution in [1.82, 2.24) is 15.1 Å². The zero-order valence-corrected chi connectivity index (χ0v) is 13.9. The molecule has 25 heavy (non-hydrogen) atoms. The van der Waals surface area contributed by atoms with E-state index in [4.69, 9.17) is 14.2 Å². The van der Waals surface area contributed by atoms with Crippen LogP contribution in [-0.2, 0) is 16.6 Å². The Balaban J connectivity index is 1.44. The number of halogens is 1. The van der Waals surface area contributed by atoms with E-state index in [-0.39, 0.29) is 36.8 Å². The van der Waals surface area contributed by atoms with Gasteiger partial charge in [0.25, 0.3) is 0 Å². The van der Waals surface area contributed by atoms with Gasteiger partial charge in [0.15, 0.2) is 17.3 Å². The highest BCUT2D eigenvalue weighted by atomic mass is 19.1. The van der Waals surface area contributed by atoms with E-state index in [1.165, 1.54) is 12.1 Å². The van der Waals surface area contributed by atoms with Crippen LogP contribution in [-0.4, -0.2) is 47.7 Å². The molecular weight excluding hydrogens is 329 g/mol. The van der Waals surface area contributed by atoms with Crippen molar-refractivity contribution in [3.05, 3.63) is 42.5 Å². The molecule has 0 bridgehead atoms. The first-order valence-corrected chi connectivity index (χ1v) is 8.01. The van der Waals surface area contributed by atoms with Crippen LogP contribution in [0.3, 0.4) is 0 Å². The summed E-state index contributed by atoms with van der Waals surface area (Å²) in [6.07, 6.45) is 3.20. The number of benzene rings is 1. The van der Waals surface area contributed by atoms with Gasteiger partial charge in [-0.1, -0.05) is 12.1 Å². The highest BCUT2D eigenvalue weighted by Gasteiger charge is 2.31. The summed E-state index contributed by atoms with van der Waals surface area (Å²) >= 11 is 0. The number of nitrogens with zero attached hydrogens (tertiary/aromatic N) is 2. The summed E-state index contributed by atoms with van der Waals surface area (Å²) in [5.74, 6) is 0.112. The zero-order chi connectivity index (χ0) is 17.6. The second-order valence-corrected chi connectivity index (χ2v) is 5.75. The lowest BCUT2D eigenvalue weighted by molar-refractivity contribution is -0.122. The predicted molar refractivity (Wildman–Crippen MR) is 86.9 cm³/mol. The van der Waals surface area contributed by atoms with Gasteiger partial charge in [0.05, 0.1) is 44.7 Å². The molecule has 0 unspecified atom stereocenters. The lowest BCUT2D eigenvalue weighted by Crippen LogP contribution is -2.45. The molecule has 2 heterocycles. The summed E-state index contributed by atoms with van der Waals surface area (Å²) in [6.45, 7) is 0.866. The van der Waals surface area contributed by atoms with Crippen molar-refractivity contribution in [2.24, 2.45) is 7.05 Å². The van der Waals surface area contributed by atoms with Crippen LogP contribution >= 0.6 is 0 Å². The highest BCUT2D eigenvalue weighted by molar-refractivity contribution is 5.76. The van der Waals surface area contributed by atoms with Gasteiger partial charge in [-0.05, 0) is 12.1 Å². The van der Waals surface area contributed by atoms with Crippen molar-refractivity contribution in [3.8, 4) is 11.5 Å². The molecule has 1 saturated heterocycles. The first kappa shape index (κ1) is 17.2. The van der Waals surface area contributed by atoms with Crippen molar-refractivity contribution in [1.29, 1.82) is 0 Å². The minimum atomic E-state index is -0.447. The summed E-state index contributed by atoms with van der Waals surface area (Å²) in [6, 6.07) is 5.84. The number of ether oxygens (including phenoxy) is 3. The van der Waals surface area contributed by atoms with Gasteiger partial charge >= 0.3 is 0 Å². The molecule has 1 amide bonds. The van der Waals surface area contributed by atoms with Gasteiger partial charge in [0, 0.05) is 7.05 Å². The Bertz CT molecular complexity index is 721. The predicted octanol–water partition coefficient (Wildman–Crippen LogP) is 1.29. The summed E-state index contributed by atoms with van der Waals surface area (Å²) in [5, 5.41) is 6.90. The van der Waals surface area contributed by atoms with Crippen LogP contribution in [0.5, 0.6) is 11.5 Å². The monoisotopic (exact) mass is 349 g/mol. The van der Waals surface area contributed by atoms with E-state index < -0.39 is 5.82 Å². The highest BCUT2D eigenvalue weighted by Crippen LogP contribution is 2.17. The van der Waals surface area contributed by atoms with Gasteiger partial charge in [-0.2, -0.15) is 5.10 Å². The third kappa shape index (κ3) is 4.69. The van der Waals surface area contributed by atoms with Crippen molar-refractivity contribution in [2.75, 3.05) is 19.8 Å². The molecule has 2 aromatic rings. The van der Waals surface area contributed by atoms with Crippen LogP contribution in [0.2, 0.25) is 0 Å². The topological polar surface area (TPSA) is 74.6 Å². The molecule has 2 atom stereocenters. The molecule has 7 nitrogen and oxygen atoms in total. The van der Waals surface area contributed by atoms with Crippen LogP contribution in [0.4, 0.5) is 4.39 Å². The van der Waals surface area contributed by atoms with E-state index in [0.29, 0.717) is 19.0 Å². The molecule has 1 aliphatic heterocycles. The maximum Gasteiger partial charge on any atom is 0.223 e. The van der Waals surface area contributed by atoms with E-state index in [2.05, 4.69) is 10.4 Å². The summed E-state index contributed by atoms with van der Waals surface area (Å²) in [5.41, 5.74) is 0. The van der Waals surface area contributed by atoms with E-state index >= 15 is 0 Å². The average Bonchev–Trinajstić information content (AvgIpc) is 3.19. The number of nitrogens with one attached hydrogen (secondary N) is 1. The Morgan fingerprint density at radius 2 is 2.28 bits per heavy atom. The maximum absolute atomic E-state index is 13.4. The number of amides is 1. The Kier molecular flexibility index (Phi) is 5.49. The fourth-order valence-corrected chi connectivity index (χ4v) is 2.51. The van der Waals surface area contributed by atoms with Crippen LogP contribution in [0, 0.1) is 5.82 Å². The summed E-state index contributed by atoms with van der Waals surface area (Å²) < 4.78 is 31.5. The third-order valence-corrected chi connectivity index (χ3v) is 3.77. The van der Waals surface area contributed by atoms with E-state index in [0.717, 1.165) is 0 Å². The van der Waals surface area contributed by atoms with Crippen LogP contribution < -0.4 is 14.8 Å². The second-order valence-electron chi connectivity index (χ2n) is 5.75. The molecule has 1 fully saturated rings. The van der Waals surface area contributed by atoms with Gasteiger partial charge in [0.1, 0.15) is 6.10 Å². The molecule has 3 rings (SSSR count). The lowest BCUT2D eigenvalue weighted by Gasteiger charge is -2.19. The molecular formula is C17H20FN3O4. The Morgan fingerprint density at radius 1 is 1.44 bits per heavy atom. The fraction of sp³-hybridized carbons (Fsp3) is 0.412. The first-order valence-electron chi connectivity index (χ1n) is 8.01. The van der Waals surface area contributed by atoms with Crippen molar-refractivity contribution < 1.29 is 23.4 Å². The molecule has 0 saturated carbocycles. The fourth-order valence-electron chi connectivity index (χ4n) is 2.51. The van der Waals surface area contributed by atoms with Crippen molar-refractivity contribution in [3.63, 3.8) is 0 Å². The van der Waals surface area contributed by atoms with E-state index in [9.17, 15) is 9.18 Å². The lowest BCUT2D eigenvalue weighted by atomic mass is 10.2. The standard InChI is InChI=1S/C17H20FN3O4/c1-21-9-12(8-19-21)25-16-11-23-10-14(16)20-17(22)6-7-24-15-5-3-2-4-13(15)18/h2-5,8-9,14,16H,6-7,10-11H2,1H3,(H,20,22)/t14-,16+/m0/s1. The number of aryl methyl sites for hydroxylation is 1. The van der Waals surface area contributed by atoms with Gasteiger partial charge in [-0.15, -0.1) is 0 Å². The summed E-state index contributed by atoms with van der Waals surface area (Å²) in [4.78, 5) is 12.1. The van der Waals surface area contributed by atoms with Crippen molar-refractivity contribution >= 4 is 5.91 Å². The maximum atomic E-state index is 13.4. The largest absolute Gasteiger partial charge is 0.490 e. The van der Waals surface area contributed by atoms with Crippen LogP contribution in [0.25, 0.3) is 0 Å². The van der Waals surface area contributed by atoms with Gasteiger partial charge in [0.2, 0.25) is 5.91 Å². The molecule has 1 N–H and O–H groups in total. The number of hydrogen-bond donors (Lipinski definition) is 1. The molecule has 1 aromatic carbocycles. The molecule has 1 aliphatic rings. The molecule has 0 spiro atoms. The smallest absolute Gasteiger partial charge is 0.223 e. The number of carbonyl (C=O) groups is 1. The number of carbonyl (C=O) groups excluding carboxylic acids is 1. The van der Waals surface area contributed by atoms with E-state index in [1.54, 1.807) is 36.3 Å². The molecule has 0 aliphatic carbocycles. The molecule has 0 radical (unpaired) electrons. The average molecular weight is 349 g/mol. The van der Waals surface area contributed by atoms with Gasteiger partial charge < -0.3 is 19.5 Å². The number of aromatic nitrogens is 2. The third-order valence-electron chi connectivity index (χ3n) is 3.77. The van der Waals surface area contributed by atoms with Gasteiger partial charge in [-0.25, -0.2) is 4.39 Å². The van der Waals surface area contributed by atoms with Crippen LogP contribution in [0.15, 0.2) is 36.7 Å². The minimum absolute atomic E-state index is 0.0917.